The van der Waals surface area contributed by atoms with Crippen molar-refractivity contribution in [2.45, 2.75) is 29.2 Å². The summed E-state index contributed by atoms with van der Waals surface area (Å²) in [5, 5.41) is 11.4. The monoisotopic (exact) mass is 430 g/mol. The van der Waals surface area contributed by atoms with Gasteiger partial charge in [0.1, 0.15) is 11.9 Å². The SMILES string of the molecule is Cc1ccc(S(=O)(=O)N[C@@H](c2ccc(F)cc2)[C@](C)(Br)[N+](=O)[O-])cc1. The van der Waals surface area contributed by atoms with Gasteiger partial charge in [-0.2, -0.15) is 4.72 Å². The Balaban J connectivity index is 2.47. The minimum absolute atomic E-state index is 0.0168. The van der Waals surface area contributed by atoms with Gasteiger partial charge in [0.15, 0.2) is 0 Å². The summed E-state index contributed by atoms with van der Waals surface area (Å²) in [4.78, 5) is 10.8. The molecule has 0 spiro atoms. The van der Waals surface area contributed by atoms with Crippen LogP contribution in [0, 0.1) is 22.9 Å². The number of benzene rings is 2. The van der Waals surface area contributed by atoms with Crippen LogP contribution in [0.2, 0.25) is 0 Å². The van der Waals surface area contributed by atoms with Crippen LogP contribution in [0.3, 0.4) is 0 Å². The average molecular weight is 431 g/mol. The number of rotatable bonds is 6. The van der Waals surface area contributed by atoms with Gasteiger partial charge in [0.05, 0.1) is 4.90 Å². The first-order valence-electron chi connectivity index (χ1n) is 7.22. The van der Waals surface area contributed by atoms with E-state index in [1.807, 2.05) is 6.92 Å². The molecule has 0 aliphatic heterocycles. The second kappa shape index (κ2) is 7.19. The molecule has 1 N–H and O–H groups in total. The molecule has 2 rings (SSSR count). The summed E-state index contributed by atoms with van der Waals surface area (Å²) in [6.07, 6.45) is 0. The summed E-state index contributed by atoms with van der Waals surface area (Å²) >= 11 is 2.99. The molecule has 6 nitrogen and oxygen atoms in total. The van der Waals surface area contributed by atoms with Gasteiger partial charge >= 0.3 is 0 Å². The molecule has 25 heavy (non-hydrogen) atoms. The van der Waals surface area contributed by atoms with Crippen LogP contribution in [0.25, 0.3) is 0 Å². The van der Waals surface area contributed by atoms with Crippen LogP contribution in [0.15, 0.2) is 53.4 Å². The molecule has 2 aromatic rings. The van der Waals surface area contributed by atoms with Crippen molar-refractivity contribution in [3.8, 4) is 0 Å². The predicted molar refractivity (Wildman–Crippen MR) is 95.0 cm³/mol. The molecular formula is C16H16BrFN2O4S. The highest BCUT2D eigenvalue weighted by Gasteiger charge is 2.46. The van der Waals surface area contributed by atoms with Crippen molar-refractivity contribution >= 4 is 26.0 Å². The van der Waals surface area contributed by atoms with E-state index in [9.17, 15) is 22.9 Å². The first-order chi connectivity index (χ1) is 11.5. The smallest absolute Gasteiger partial charge is 0.263 e. The molecule has 0 heterocycles. The van der Waals surface area contributed by atoms with E-state index in [1.54, 1.807) is 12.1 Å². The van der Waals surface area contributed by atoms with Crippen LogP contribution in [0.4, 0.5) is 4.39 Å². The van der Waals surface area contributed by atoms with Gasteiger partial charge in [0, 0.05) is 27.8 Å². The molecule has 0 aliphatic rings. The zero-order valence-electron chi connectivity index (χ0n) is 13.4. The second-order valence-corrected chi connectivity index (χ2v) is 9.02. The maximum absolute atomic E-state index is 13.2. The summed E-state index contributed by atoms with van der Waals surface area (Å²) in [6, 6.07) is 9.67. The Morgan fingerprint density at radius 1 is 1.16 bits per heavy atom. The number of nitrogens with zero attached hydrogens (tertiary/aromatic N) is 1. The fourth-order valence-corrected chi connectivity index (χ4v) is 4.02. The standard InChI is InChI=1S/C16H16BrFN2O4S/c1-11-3-9-14(10-4-11)25(23,24)19-15(16(2,17)20(21)22)12-5-7-13(18)8-6-12/h3-10,15,19H,1-2H3/t15-,16+/m0/s1. The lowest BCUT2D eigenvalue weighted by atomic mass is 10.0. The summed E-state index contributed by atoms with van der Waals surface area (Å²) < 4.78 is 38.9. The van der Waals surface area contributed by atoms with Gasteiger partial charge in [-0.15, -0.1) is 0 Å². The molecule has 0 bridgehead atoms. The van der Waals surface area contributed by atoms with Crippen molar-refractivity contribution < 1.29 is 17.7 Å². The molecule has 0 aromatic heterocycles. The number of nitrogens with one attached hydrogen (secondary N) is 1. The minimum Gasteiger partial charge on any atom is -0.263 e. The molecule has 0 saturated heterocycles. The van der Waals surface area contributed by atoms with Gasteiger partial charge in [-0.1, -0.05) is 29.8 Å². The van der Waals surface area contributed by atoms with Crippen molar-refractivity contribution in [1.29, 1.82) is 0 Å². The largest absolute Gasteiger partial charge is 0.291 e. The third kappa shape index (κ3) is 4.42. The Labute approximate surface area is 153 Å². The zero-order chi connectivity index (χ0) is 18.8. The van der Waals surface area contributed by atoms with E-state index in [0.717, 1.165) is 17.7 Å². The summed E-state index contributed by atoms with van der Waals surface area (Å²) in [7, 11) is -4.03. The van der Waals surface area contributed by atoms with Crippen LogP contribution in [0.5, 0.6) is 0 Å². The van der Waals surface area contributed by atoms with Gasteiger partial charge in [-0.05, 0) is 36.8 Å². The molecule has 0 radical (unpaired) electrons. The fourth-order valence-electron chi connectivity index (χ4n) is 2.18. The van der Waals surface area contributed by atoms with Gasteiger partial charge in [0.25, 0.3) is 4.45 Å². The second-order valence-electron chi connectivity index (χ2n) is 5.70. The molecule has 0 aliphatic carbocycles. The summed E-state index contributed by atoms with van der Waals surface area (Å²) in [5.74, 6) is -0.527. The third-order valence-corrected chi connectivity index (χ3v) is 5.88. The summed E-state index contributed by atoms with van der Waals surface area (Å²) in [6.45, 7) is 3.05. The molecule has 9 heteroatoms. The molecule has 0 unspecified atom stereocenters. The zero-order valence-corrected chi connectivity index (χ0v) is 15.8. The van der Waals surface area contributed by atoms with Crippen LogP contribution < -0.4 is 4.72 Å². The van der Waals surface area contributed by atoms with Crippen molar-refractivity contribution in [3.05, 3.63) is 75.6 Å². The van der Waals surface area contributed by atoms with E-state index in [1.165, 1.54) is 31.2 Å². The summed E-state index contributed by atoms with van der Waals surface area (Å²) in [5.41, 5.74) is 1.14. The van der Waals surface area contributed by atoms with Crippen LogP contribution >= 0.6 is 15.9 Å². The third-order valence-electron chi connectivity index (χ3n) is 3.69. The van der Waals surface area contributed by atoms with Gasteiger partial charge < -0.3 is 0 Å². The lowest BCUT2D eigenvalue weighted by Crippen LogP contribution is -2.45. The highest BCUT2D eigenvalue weighted by atomic mass is 79.9. The van der Waals surface area contributed by atoms with E-state index in [0.29, 0.717) is 0 Å². The minimum atomic E-state index is -4.03. The van der Waals surface area contributed by atoms with Gasteiger partial charge in [-0.25, -0.2) is 12.8 Å². The molecule has 134 valence electrons. The van der Waals surface area contributed by atoms with E-state index in [4.69, 9.17) is 0 Å². The number of alkyl halides is 1. The maximum atomic E-state index is 13.2. The molecular weight excluding hydrogens is 415 g/mol. The number of halogens is 2. The normalized spacial score (nSPS) is 15.4. The van der Waals surface area contributed by atoms with E-state index < -0.39 is 31.3 Å². The quantitative estimate of drug-likeness (QED) is 0.328. The number of hydrogen-bond donors (Lipinski definition) is 1. The maximum Gasteiger partial charge on any atom is 0.291 e. The number of nitro groups is 1. The highest BCUT2D eigenvalue weighted by molar-refractivity contribution is 9.10. The molecule has 2 atom stereocenters. The highest BCUT2D eigenvalue weighted by Crippen LogP contribution is 2.35. The van der Waals surface area contributed by atoms with E-state index in [-0.39, 0.29) is 10.5 Å². The molecule has 0 saturated carbocycles. The van der Waals surface area contributed by atoms with E-state index in [2.05, 4.69) is 20.7 Å². The van der Waals surface area contributed by atoms with E-state index >= 15 is 0 Å². The predicted octanol–water partition coefficient (Wildman–Crippen LogP) is 3.54. The lowest BCUT2D eigenvalue weighted by Gasteiger charge is -2.26. The topological polar surface area (TPSA) is 89.3 Å². The van der Waals surface area contributed by atoms with Gasteiger partial charge in [0.2, 0.25) is 10.0 Å². The van der Waals surface area contributed by atoms with Crippen LogP contribution in [-0.4, -0.2) is 17.8 Å². The first kappa shape index (κ1) is 19.5. The molecule has 0 fully saturated rings. The Kier molecular flexibility index (Phi) is 5.60. The molecule has 2 aromatic carbocycles. The van der Waals surface area contributed by atoms with Crippen molar-refractivity contribution in [2.24, 2.45) is 0 Å². The Bertz CT molecular complexity index is 868. The Hall–Kier alpha value is -1.84. The van der Waals surface area contributed by atoms with Crippen molar-refractivity contribution in [2.75, 3.05) is 0 Å². The molecule has 0 amide bonds. The lowest BCUT2D eigenvalue weighted by molar-refractivity contribution is -0.536. The van der Waals surface area contributed by atoms with Crippen LogP contribution in [-0.2, 0) is 10.0 Å². The first-order valence-corrected chi connectivity index (χ1v) is 9.49. The average Bonchev–Trinajstić information content (AvgIpc) is 2.54. The number of hydrogen-bond acceptors (Lipinski definition) is 4. The van der Waals surface area contributed by atoms with Crippen LogP contribution in [0.1, 0.15) is 24.1 Å². The Morgan fingerprint density at radius 2 is 1.68 bits per heavy atom. The van der Waals surface area contributed by atoms with Crippen molar-refractivity contribution in [1.82, 2.24) is 4.72 Å². The van der Waals surface area contributed by atoms with Gasteiger partial charge in [-0.3, -0.25) is 10.1 Å². The fraction of sp³-hybridized carbons (Fsp3) is 0.250. The Morgan fingerprint density at radius 3 is 2.16 bits per heavy atom. The number of aryl methyl sites for hydroxylation is 1. The van der Waals surface area contributed by atoms with Crippen molar-refractivity contribution in [3.63, 3.8) is 0 Å². The number of sulfonamides is 1.